The zero-order valence-electron chi connectivity index (χ0n) is 21.5. The van der Waals surface area contributed by atoms with Gasteiger partial charge in [0.2, 0.25) is 0 Å². The molecule has 0 radical (unpaired) electrons. The molecule has 0 atom stereocenters. The molecule has 0 spiro atoms. The number of nitrogens with one attached hydrogen (secondary N) is 1. The van der Waals surface area contributed by atoms with Crippen LogP contribution in [0.1, 0.15) is 102 Å². The summed E-state index contributed by atoms with van der Waals surface area (Å²) in [5.74, 6) is 0.971. The van der Waals surface area contributed by atoms with Gasteiger partial charge in [-0.3, -0.25) is 0 Å². The molecule has 0 fully saturated rings. The average Bonchev–Trinajstić information content (AvgIpc) is 2.84. The molecule has 0 amide bonds. The van der Waals surface area contributed by atoms with Gasteiger partial charge in [-0.15, -0.1) is 0 Å². The van der Waals surface area contributed by atoms with Crippen molar-refractivity contribution in [2.24, 2.45) is 0 Å². The smallest absolute Gasteiger partial charge is 0.124 e. The normalized spacial score (nSPS) is 11.3. The Morgan fingerprint density at radius 2 is 1.27 bits per heavy atom. The van der Waals surface area contributed by atoms with Crippen LogP contribution in [0.2, 0.25) is 0 Å². The molecule has 186 valence electrons. The van der Waals surface area contributed by atoms with Crippen LogP contribution in [-0.4, -0.2) is 26.9 Å². The predicted octanol–water partition coefficient (Wildman–Crippen LogP) is 8.44. The van der Waals surface area contributed by atoms with Gasteiger partial charge in [0, 0.05) is 19.2 Å². The molecule has 0 aromatic heterocycles. The van der Waals surface area contributed by atoms with E-state index in [0.29, 0.717) is 13.2 Å². The van der Waals surface area contributed by atoms with Crippen LogP contribution >= 0.6 is 0 Å². The molecule has 0 aliphatic rings. The van der Waals surface area contributed by atoms with Crippen LogP contribution in [0.5, 0.6) is 5.75 Å². The van der Waals surface area contributed by atoms with E-state index in [9.17, 15) is 0 Å². The Morgan fingerprint density at radius 1 is 0.667 bits per heavy atom. The van der Waals surface area contributed by atoms with Gasteiger partial charge in [0.25, 0.3) is 0 Å². The van der Waals surface area contributed by atoms with Crippen LogP contribution < -0.4 is 10.1 Å². The van der Waals surface area contributed by atoms with Crippen molar-refractivity contribution >= 4 is 10.8 Å². The summed E-state index contributed by atoms with van der Waals surface area (Å²) in [5, 5.41) is 6.20. The lowest BCUT2D eigenvalue weighted by molar-refractivity contribution is 0.146. The van der Waals surface area contributed by atoms with Crippen LogP contribution in [0.3, 0.4) is 0 Å². The van der Waals surface area contributed by atoms with Gasteiger partial charge in [-0.05, 0) is 29.8 Å². The van der Waals surface area contributed by atoms with Crippen molar-refractivity contribution in [2.45, 2.75) is 103 Å². The van der Waals surface area contributed by atoms with E-state index in [1.807, 2.05) is 0 Å². The van der Waals surface area contributed by atoms with E-state index >= 15 is 0 Å². The van der Waals surface area contributed by atoms with E-state index < -0.39 is 0 Å². The van der Waals surface area contributed by atoms with Gasteiger partial charge in [-0.1, -0.05) is 121 Å². The summed E-state index contributed by atoms with van der Waals surface area (Å²) in [7, 11) is 1.71. The summed E-state index contributed by atoms with van der Waals surface area (Å²) in [6, 6.07) is 12.8. The van der Waals surface area contributed by atoms with Crippen LogP contribution in [0.4, 0.5) is 0 Å². The second kappa shape index (κ2) is 18.8. The van der Waals surface area contributed by atoms with Crippen molar-refractivity contribution in [1.82, 2.24) is 5.32 Å². The summed E-state index contributed by atoms with van der Waals surface area (Å²) < 4.78 is 11.1. The molecular formula is C30H49NO2. The van der Waals surface area contributed by atoms with Crippen molar-refractivity contribution in [2.75, 3.05) is 26.9 Å². The monoisotopic (exact) mass is 455 g/mol. The standard InChI is InChI=1S/C30H49NO2/c1-3-4-5-6-7-8-9-10-11-12-13-14-15-18-23-31-26-29-28-20-17-16-19-27(28)21-22-30(29)33-25-24-32-2/h16-17,19-22,31H,3-15,18,23-26H2,1-2H3. The van der Waals surface area contributed by atoms with Crippen LogP contribution in [0, 0.1) is 0 Å². The maximum Gasteiger partial charge on any atom is 0.124 e. The number of fused-ring (bicyclic) bond motifs is 1. The molecule has 3 heteroatoms. The van der Waals surface area contributed by atoms with Crippen molar-refractivity contribution in [3.05, 3.63) is 42.0 Å². The third-order valence-corrected chi connectivity index (χ3v) is 6.55. The molecule has 33 heavy (non-hydrogen) atoms. The third kappa shape index (κ3) is 11.9. The number of benzene rings is 2. The fourth-order valence-electron chi connectivity index (χ4n) is 4.53. The van der Waals surface area contributed by atoms with E-state index in [4.69, 9.17) is 9.47 Å². The van der Waals surface area contributed by atoms with Gasteiger partial charge in [0.05, 0.1) is 6.61 Å². The zero-order chi connectivity index (χ0) is 23.4. The second-order valence-corrected chi connectivity index (χ2v) is 9.38. The summed E-state index contributed by atoms with van der Waals surface area (Å²) >= 11 is 0. The number of methoxy groups -OCH3 is 1. The lowest BCUT2D eigenvalue weighted by Gasteiger charge is -2.15. The quantitative estimate of drug-likeness (QED) is 0.192. The van der Waals surface area contributed by atoms with Crippen molar-refractivity contribution in [1.29, 1.82) is 0 Å². The molecule has 0 saturated carbocycles. The molecule has 2 aromatic carbocycles. The van der Waals surface area contributed by atoms with Gasteiger partial charge in [-0.2, -0.15) is 0 Å². The van der Waals surface area contributed by atoms with Gasteiger partial charge in [0.1, 0.15) is 12.4 Å². The highest BCUT2D eigenvalue weighted by Crippen LogP contribution is 2.28. The zero-order valence-corrected chi connectivity index (χ0v) is 21.5. The molecular weight excluding hydrogens is 406 g/mol. The topological polar surface area (TPSA) is 30.5 Å². The molecule has 1 N–H and O–H groups in total. The number of hydrogen-bond donors (Lipinski definition) is 1. The van der Waals surface area contributed by atoms with Gasteiger partial charge in [0.15, 0.2) is 0 Å². The summed E-state index contributed by atoms with van der Waals surface area (Å²) in [6.45, 7) is 5.40. The van der Waals surface area contributed by atoms with Crippen LogP contribution in [0.15, 0.2) is 36.4 Å². The summed E-state index contributed by atoms with van der Waals surface area (Å²) in [5.41, 5.74) is 1.26. The van der Waals surface area contributed by atoms with E-state index in [-0.39, 0.29) is 0 Å². The SMILES string of the molecule is CCCCCCCCCCCCCCCCNCc1c(OCCOC)ccc2ccccc12. The fraction of sp³-hybridized carbons (Fsp3) is 0.667. The molecule has 2 aromatic rings. The minimum Gasteiger partial charge on any atom is -0.491 e. The van der Waals surface area contributed by atoms with Gasteiger partial charge >= 0.3 is 0 Å². The van der Waals surface area contributed by atoms with Crippen LogP contribution in [0.25, 0.3) is 10.8 Å². The Balaban J connectivity index is 1.54. The predicted molar refractivity (Wildman–Crippen MR) is 143 cm³/mol. The molecule has 0 bridgehead atoms. The largest absolute Gasteiger partial charge is 0.491 e. The highest BCUT2D eigenvalue weighted by Gasteiger charge is 2.08. The number of rotatable bonds is 21. The lowest BCUT2D eigenvalue weighted by atomic mass is 10.0. The summed E-state index contributed by atoms with van der Waals surface area (Å²) in [6.07, 6.45) is 19.7. The molecule has 0 aliphatic carbocycles. The Kier molecular flexibility index (Phi) is 15.8. The highest BCUT2D eigenvalue weighted by molar-refractivity contribution is 5.87. The lowest BCUT2D eigenvalue weighted by Crippen LogP contribution is -2.16. The first-order valence-corrected chi connectivity index (χ1v) is 13.7. The minimum atomic E-state index is 0.584. The number of unbranched alkanes of at least 4 members (excludes halogenated alkanes) is 13. The van der Waals surface area contributed by atoms with Crippen LogP contribution in [-0.2, 0) is 11.3 Å². The first kappa shape index (κ1) is 27.7. The molecule has 3 nitrogen and oxygen atoms in total. The summed E-state index contributed by atoms with van der Waals surface area (Å²) in [4.78, 5) is 0. The van der Waals surface area contributed by atoms with E-state index in [1.165, 1.54) is 106 Å². The van der Waals surface area contributed by atoms with E-state index in [1.54, 1.807) is 7.11 Å². The minimum absolute atomic E-state index is 0.584. The third-order valence-electron chi connectivity index (χ3n) is 6.55. The number of ether oxygens (including phenoxy) is 2. The Morgan fingerprint density at radius 3 is 1.91 bits per heavy atom. The molecule has 0 aliphatic heterocycles. The van der Waals surface area contributed by atoms with E-state index in [2.05, 4.69) is 48.6 Å². The van der Waals surface area contributed by atoms with Crippen molar-refractivity contribution in [3.63, 3.8) is 0 Å². The van der Waals surface area contributed by atoms with E-state index in [0.717, 1.165) is 18.8 Å². The first-order valence-electron chi connectivity index (χ1n) is 13.7. The van der Waals surface area contributed by atoms with Crippen molar-refractivity contribution < 1.29 is 9.47 Å². The first-order chi connectivity index (χ1) is 16.4. The Hall–Kier alpha value is -1.58. The Labute approximate surface area is 203 Å². The fourth-order valence-corrected chi connectivity index (χ4v) is 4.53. The molecule has 0 unspecified atom stereocenters. The van der Waals surface area contributed by atoms with Gasteiger partial charge in [-0.25, -0.2) is 0 Å². The Bertz CT molecular complexity index is 730. The van der Waals surface area contributed by atoms with Crippen molar-refractivity contribution in [3.8, 4) is 5.75 Å². The second-order valence-electron chi connectivity index (χ2n) is 9.38. The molecule has 0 heterocycles. The maximum atomic E-state index is 6.00. The van der Waals surface area contributed by atoms with Gasteiger partial charge < -0.3 is 14.8 Å². The average molecular weight is 456 g/mol. The molecule has 2 rings (SSSR count). The highest BCUT2D eigenvalue weighted by atomic mass is 16.5. The maximum absolute atomic E-state index is 6.00. The molecule has 0 saturated heterocycles. The number of hydrogen-bond acceptors (Lipinski definition) is 3.